The summed E-state index contributed by atoms with van der Waals surface area (Å²) in [6.45, 7) is 3.00. The van der Waals surface area contributed by atoms with Crippen LogP contribution in [0.15, 0.2) is 42.9 Å². The van der Waals surface area contributed by atoms with Gasteiger partial charge in [0.15, 0.2) is 0 Å². The number of carbonyl (C=O) groups is 1. The molecule has 7 nitrogen and oxygen atoms in total. The summed E-state index contributed by atoms with van der Waals surface area (Å²) < 4.78 is 0. The zero-order valence-corrected chi connectivity index (χ0v) is 15.4. The van der Waals surface area contributed by atoms with Gasteiger partial charge in [-0.2, -0.15) is 5.26 Å². The van der Waals surface area contributed by atoms with Crippen LogP contribution in [-0.4, -0.2) is 51.9 Å². The van der Waals surface area contributed by atoms with Crippen molar-refractivity contribution in [3.8, 4) is 6.07 Å². The van der Waals surface area contributed by atoms with Crippen LogP contribution < -0.4 is 4.90 Å². The van der Waals surface area contributed by atoms with Crippen molar-refractivity contribution in [2.45, 2.75) is 12.8 Å². The van der Waals surface area contributed by atoms with E-state index >= 15 is 0 Å². The SMILES string of the molecule is N#Cc1cccc(C(=O)N2CCN(c3ncnc4[nH]ccc34)CC3(CC3)C2)c1. The number of nitrogens with one attached hydrogen (secondary N) is 1. The smallest absolute Gasteiger partial charge is 0.253 e. The lowest BCUT2D eigenvalue weighted by Gasteiger charge is -2.25. The number of benzene rings is 1. The molecule has 0 radical (unpaired) electrons. The Morgan fingerprint density at radius 1 is 1.18 bits per heavy atom. The number of rotatable bonds is 2. The molecule has 7 heteroatoms. The summed E-state index contributed by atoms with van der Waals surface area (Å²) in [7, 11) is 0. The number of hydrogen-bond donors (Lipinski definition) is 1. The van der Waals surface area contributed by atoms with E-state index in [0.29, 0.717) is 17.7 Å². The van der Waals surface area contributed by atoms with Crippen LogP contribution in [0.1, 0.15) is 28.8 Å². The average Bonchev–Trinajstić information content (AvgIpc) is 3.37. The van der Waals surface area contributed by atoms with E-state index in [0.717, 1.165) is 49.3 Å². The van der Waals surface area contributed by atoms with Gasteiger partial charge in [-0.15, -0.1) is 0 Å². The van der Waals surface area contributed by atoms with E-state index in [1.54, 1.807) is 30.6 Å². The molecule has 1 amide bonds. The lowest BCUT2D eigenvalue weighted by Crippen LogP contribution is -2.36. The zero-order valence-electron chi connectivity index (χ0n) is 15.4. The molecule has 2 aromatic heterocycles. The van der Waals surface area contributed by atoms with Gasteiger partial charge in [-0.1, -0.05) is 6.07 Å². The van der Waals surface area contributed by atoms with Crippen molar-refractivity contribution in [2.24, 2.45) is 5.41 Å². The fourth-order valence-corrected chi connectivity index (χ4v) is 4.12. The van der Waals surface area contributed by atoms with Crippen molar-refractivity contribution in [3.05, 3.63) is 54.0 Å². The number of anilines is 1. The molecule has 2 fully saturated rings. The Bertz CT molecular complexity index is 1090. The Labute approximate surface area is 162 Å². The first kappa shape index (κ1) is 16.8. The first-order chi connectivity index (χ1) is 13.7. The van der Waals surface area contributed by atoms with Crippen LogP contribution in [0, 0.1) is 16.7 Å². The lowest BCUT2D eigenvalue weighted by atomic mass is 10.1. The summed E-state index contributed by atoms with van der Waals surface area (Å²) in [4.78, 5) is 29.3. The molecule has 1 saturated carbocycles. The van der Waals surface area contributed by atoms with Crippen molar-refractivity contribution in [1.82, 2.24) is 19.9 Å². The summed E-state index contributed by atoms with van der Waals surface area (Å²) in [5, 5.41) is 10.1. The van der Waals surface area contributed by atoms with E-state index in [-0.39, 0.29) is 11.3 Å². The fraction of sp³-hybridized carbons (Fsp3) is 0.333. The predicted molar refractivity (Wildman–Crippen MR) is 105 cm³/mol. The van der Waals surface area contributed by atoms with E-state index in [4.69, 9.17) is 5.26 Å². The van der Waals surface area contributed by atoms with Gasteiger partial charge < -0.3 is 14.8 Å². The van der Waals surface area contributed by atoms with Crippen molar-refractivity contribution in [1.29, 1.82) is 5.26 Å². The fourth-order valence-electron chi connectivity index (χ4n) is 4.12. The topological polar surface area (TPSA) is 88.9 Å². The Kier molecular flexibility index (Phi) is 3.79. The third-order valence-electron chi connectivity index (χ3n) is 5.81. The highest BCUT2D eigenvalue weighted by atomic mass is 16.2. The maximum Gasteiger partial charge on any atom is 0.253 e. The van der Waals surface area contributed by atoms with Crippen LogP contribution in [0.2, 0.25) is 0 Å². The lowest BCUT2D eigenvalue weighted by molar-refractivity contribution is 0.0741. The first-order valence-electron chi connectivity index (χ1n) is 9.50. The van der Waals surface area contributed by atoms with Crippen LogP contribution in [0.5, 0.6) is 0 Å². The molecular formula is C21H20N6O. The van der Waals surface area contributed by atoms with Crippen LogP contribution in [0.3, 0.4) is 0 Å². The molecule has 0 bridgehead atoms. The molecule has 0 atom stereocenters. The Hall–Kier alpha value is -3.40. The van der Waals surface area contributed by atoms with Crippen LogP contribution in [0.25, 0.3) is 11.0 Å². The molecule has 3 aromatic rings. The molecular weight excluding hydrogens is 352 g/mol. The number of carbonyl (C=O) groups excluding carboxylic acids is 1. The van der Waals surface area contributed by atoms with E-state index in [1.165, 1.54) is 0 Å². The molecule has 1 N–H and O–H groups in total. The van der Waals surface area contributed by atoms with E-state index in [1.807, 2.05) is 17.2 Å². The van der Waals surface area contributed by atoms with Crippen molar-refractivity contribution < 1.29 is 4.79 Å². The molecule has 2 aliphatic rings. The molecule has 0 unspecified atom stereocenters. The second-order valence-corrected chi connectivity index (χ2v) is 7.78. The second kappa shape index (κ2) is 6.34. The molecule has 1 aliphatic carbocycles. The largest absolute Gasteiger partial charge is 0.354 e. The molecule has 1 aromatic carbocycles. The molecule has 28 heavy (non-hydrogen) atoms. The van der Waals surface area contributed by atoms with Crippen LogP contribution in [-0.2, 0) is 0 Å². The number of H-pyrrole nitrogens is 1. The summed E-state index contributed by atoms with van der Waals surface area (Å²) in [5.41, 5.74) is 2.06. The van der Waals surface area contributed by atoms with Gasteiger partial charge >= 0.3 is 0 Å². The summed E-state index contributed by atoms with van der Waals surface area (Å²) >= 11 is 0. The number of fused-ring (bicyclic) bond motifs is 1. The van der Waals surface area contributed by atoms with Gasteiger partial charge in [-0.3, -0.25) is 4.79 Å². The van der Waals surface area contributed by atoms with Crippen LogP contribution in [0.4, 0.5) is 5.82 Å². The third-order valence-corrected chi connectivity index (χ3v) is 5.81. The van der Waals surface area contributed by atoms with Crippen LogP contribution >= 0.6 is 0 Å². The molecule has 1 saturated heterocycles. The molecule has 1 spiro atoms. The number of aromatic amines is 1. The second-order valence-electron chi connectivity index (χ2n) is 7.78. The van der Waals surface area contributed by atoms with Gasteiger partial charge in [0.05, 0.1) is 17.0 Å². The minimum absolute atomic E-state index is 0.000274. The summed E-state index contributed by atoms with van der Waals surface area (Å²) in [6, 6.07) is 11.1. The van der Waals surface area contributed by atoms with Gasteiger partial charge in [-0.05, 0) is 37.1 Å². The Morgan fingerprint density at radius 2 is 2.07 bits per heavy atom. The third kappa shape index (κ3) is 2.87. The average molecular weight is 372 g/mol. The molecule has 5 rings (SSSR count). The molecule has 3 heterocycles. The number of amides is 1. The number of nitriles is 1. The van der Waals surface area contributed by atoms with Gasteiger partial charge in [0.1, 0.15) is 17.8 Å². The minimum Gasteiger partial charge on any atom is -0.354 e. The minimum atomic E-state index is -0.000274. The van der Waals surface area contributed by atoms with Gasteiger partial charge in [-0.25, -0.2) is 9.97 Å². The highest BCUT2D eigenvalue weighted by Gasteiger charge is 2.48. The first-order valence-corrected chi connectivity index (χ1v) is 9.50. The summed E-state index contributed by atoms with van der Waals surface area (Å²) in [5.74, 6) is 0.929. The quantitative estimate of drug-likeness (QED) is 0.747. The Morgan fingerprint density at radius 3 is 2.89 bits per heavy atom. The summed E-state index contributed by atoms with van der Waals surface area (Å²) in [6.07, 6.45) is 5.71. The van der Waals surface area contributed by atoms with Crippen molar-refractivity contribution in [2.75, 3.05) is 31.1 Å². The Balaban J connectivity index is 1.43. The number of hydrogen-bond acceptors (Lipinski definition) is 5. The number of nitrogens with zero attached hydrogens (tertiary/aromatic N) is 5. The highest BCUT2D eigenvalue weighted by Crippen LogP contribution is 2.48. The van der Waals surface area contributed by atoms with Crippen molar-refractivity contribution >= 4 is 22.8 Å². The number of aromatic nitrogens is 3. The van der Waals surface area contributed by atoms with Gasteiger partial charge in [0.25, 0.3) is 5.91 Å². The van der Waals surface area contributed by atoms with Gasteiger partial charge in [0.2, 0.25) is 0 Å². The zero-order chi connectivity index (χ0) is 19.1. The van der Waals surface area contributed by atoms with Crippen molar-refractivity contribution in [3.63, 3.8) is 0 Å². The molecule has 140 valence electrons. The predicted octanol–water partition coefficient (Wildman–Crippen LogP) is 2.57. The maximum absolute atomic E-state index is 13.1. The van der Waals surface area contributed by atoms with Gasteiger partial charge in [0, 0.05) is 43.4 Å². The molecule has 1 aliphatic heterocycles. The monoisotopic (exact) mass is 372 g/mol. The normalized spacial score (nSPS) is 18.1. The standard InChI is InChI=1S/C21H20N6O/c22-11-15-2-1-3-16(10-15)20(28)27-9-8-26(12-21(13-27)5-6-21)19-17-4-7-23-18(17)24-14-25-19/h1-4,7,10,14H,5-6,8-9,12-13H2,(H,23,24,25). The van der Waals surface area contributed by atoms with E-state index in [9.17, 15) is 4.79 Å². The maximum atomic E-state index is 13.1. The van der Waals surface area contributed by atoms with E-state index in [2.05, 4.69) is 25.9 Å². The highest BCUT2D eigenvalue weighted by molar-refractivity contribution is 5.95. The van der Waals surface area contributed by atoms with E-state index < -0.39 is 0 Å².